The van der Waals surface area contributed by atoms with E-state index in [1.807, 2.05) is 19.1 Å². The van der Waals surface area contributed by atoms with Gasteiger partial charge in [0.15, 0.2) is 5.78 Å². The summed E-state index contributed by atoms with van der Waals surface area (Å²) < 4.78 is 2.27. The third kappa shape index (κ3) is 2.54. The van der Waals surface area contributed by atoms with Gasteiger partial charge < -0.3 is 4.57 Å². The minimum absolute atomic E-state index is 0.0686. The molecule has 0 saturated carbocycles. The van der Waals surface area contributed by atoms with Gasteiger partial charge in [-0.3, -0.25) is 4.79 Å². The molecule has 0 saturated heterocycles. The highest BCUT2D eigenvalue weighted by molar-refractivity contribution is 6.09. The van der Waals surface area contributed by atoms with Gasteiger partial charge >= 0.3 is 0 Å². The van der Waals surface area contributed by atoms with Crippen LogP contribution < -0.4 is 0 Å². The molecule has 0 bridgehead atoms. The first-order chi connectivity index (χ1) is 12.2. The van der Waals surface area contributed by atoms with Crippen molar-refractivity contribution in [1.29, 1.82) is 0 Å². The SMILES string of the molecule is CCC(C)C(=O)c1ccc(-n2c3ccccc3c3ccccc32)cc1. The number of hydrogen-bond donors (Lipinski definition) is 0. The minimum atomic E-state index is 0.0686. The Morgan fingerprint density at radius 3 is 1.88 bits per heavy atom. The summed E-state index contributed by atoms with van der Waals surface area (Å²) in [6, 6.07) is 24.9. The van der Waals surface area contributed by atoms with Gasteiger partial charge in [-0.25, -0.2) is 0 Å². The fourth-order valence-electron chi connectivity index (χ4n) is 3.45. The number of ketones is 1. The van der Waals surface area contributed by atoms with Gasteiger partial charge in [0.1, 0.15) is 0 Å². The fraction of sp³-hybridized carbons (Fsp3) is 0.174. The van der Waals surface area contributed by atoms with Crippen LogP contribution in [0.2, 0.25) is 0 Å². The first-order valence-corrected chi connectivity index (χ1v) is 8.83. The van der Waals surface area contributed by atoms with Crippen LogP contribution in [0.3, 0.4) is 0 Å². The molecule has 0 fully saturated rings. The zero-order valence-corrected chi connectivity index (χ0v) is 14.6. The zero-order chi connectivity index (χ0) is 17.4. The van der Waals surface area contributed by atoms with Gasteiger partial charge in [-0.15, -0.1) is 0 Å². The van der Waals surface area contributed by atoms with Crippen LogP contribution >= 0.6 is 0 Å². The van der Waals surface area contributed by atoms with Gasteiger partial charge in [0.2, 0.25) is 0 Å². The second-order valence-corrected chi connectivity index (χ2v) is 6.59. The normalized spacial score (nSPS) is 12.6. The average Bonchev–Trinajstić information content (AvgIpc) is 3.01. The monoisotopic (exact) mass is 327 g/mol. The molecule has 1 atom stereocenters. The van der Waals surface area contributed by atoms with Crippen molar-refractivity contribution in [3.8, 4) is 5.69 Å². The molecule has 2 nitrogen and oxygen atoms in total. The highest BCUT2D eigenvalue weighted by atomic mass is 16.1. The first kappa shape index (κ1) is 15.6. The molecule has 0 N–H and O–H groups in total. The maximum atomic E-state index is 12.4. The van der Waals surface area contributed by atoms with Crippen LogP contribution in [0.15, 0.2) is 72.8 Å². The molecule has 0 aliphatic heterocycles. The predicted molar refractivity (Wildman–Crippen MR) is 105 cm³/mol. The number of Topliss-reactive ketones (excluding diaryl/α,β-unsaturated/α-hetero) is 1. The van der Waals surface area contributed by atoms with E-state index in [2.05, 4.69) is 72.2 Å². The van der Waals surface area contributed by atoms with E-state index >= 15 is 0 Å². The summed E-state index contributed by atoms with van der Waals surface area (Å²) in [7, 11) is 0. The summed E-state index contributed by atoms with van der Waals surface area (Å²) in [5.41, 5.74) is 4.24. The number of fused-ring (bicyclic) bond motifs is 3. The van der Waals surface area contributed by atoms with E-state index in [1.54, 1.807) is 0 Å². The molecule has 0 aliphatic carbocycles. The highest BCUT2D eigenvalue weighted by Crippen LogP contribution is 2.31. The molecule has 0 aliphatic rings. The van der Waals surface area contributed by atoms with Gasteiger partial charge in [-0.05, 0) is 42.8 Å². The van der Waals surface area contributed by atoms with Crippen molar-refractivity contribution in [2.75, 3.05) is 0 Å². The van der Waals surface area contributed by atoms with Crippen LogP contribution in [-0.4, -0.2) is 10.4 Å². The van der Waals surface area contributed by atoms with Crippen molar-refractivity contribution in [1.82, 2.24) is 4.57 Å². The van der Waals surface area contributed by atoms with E-state index in [-0.39, 0.29) is 11.7 Å². The molecule has 25 heavy (non-hydrogen) atoms. The molecule has 2 heteroatoms. The highest BCUT2D eigenvalue weighted by Gasteiger charge is 2.14. The van der Waals surface area contributed by atoms with Crippen molar-refractivity contribution in [2.24, 2.45) is 5.92 Å². The topological polar surface area (TPSA) is 22.0 Å². The van der Waals surface area contributed by atoms with Crippen molar-refractivity contribution in [2.45, 2.75) is 20.3 Å². The number of para-hydroxylation sites is 2. The van der Waals surface area contributed by atoms with Crippen molar-refractivity contribution in [3.63, 3.8) is 0 Å². The molecule has 1 aromatic heterocycles. The summed E-state index contributed by atoms with van der Waals surface area (Å²) in [6.45, 7) is 4.04. The summed E-state index contributed by atoms with van der Waals surface area (Å²) >= 11 is 0. The van der Waals surface area contributed by atoms with Gasteiger partial charge in [0.25, 0.3) is 0 Å². The lowest BCUT2D eigenvalue weighted by Gasteiger charge is -2.10. The smallest absolute Gasteiger partial charge is 0.165 e. The summed E-state index contributed by atoms with van der Waals surface area (Å²) in [5.74, 6) is 0.287. The lowest BCUT2D eigenvalue weighted by Crippen LogP contribution is -2.10. The average molecular weight is 327 g/mol. The lowest BCUT2D eigenvalue weighted by molar-refractivity contribution is 0.0927. The molecular formula is C23H21NO. The third-order valence-electron chi connectivity index (χ3n) is 5.05. The van der Waals surface area contributed by atoms with Gasteiger partial charge in [0, 0.05) is 27.9 Å². The molecule has 0 radical (unpaired) electrons. The van der Waals surface area contributed by atoms with Crippen LogP contribution in [0.1, 0.15) is 30.6 Å². The van der Waals surface area contributed by atoms with E-state index in [0.717, 1.165) is 17.7 Å². The second-order valence-electron chi connectivity index (χ2n) is 6.59. The molecule has 4 aromatic rings. The maximum absolute atomic E-state index is 12.4. The molecule has 1 unspecified atom stereocenters. The van der Waals surface area contributed by atoms with E-state index in [4.69, 9.17) is 0 Å². The molecule has 0 spiro atoms. The molecular weight excluding hydrogens is 306 g/mol. The number of benzene rings is 3. The fourth-order valence-corrected chi connectivity index (χ4v) is 3.45. The number of nitrogens with zero attached hydrogens (tertiary/aromatic N) is 1. The maximum Gasteiger partial charge on any atom is 0.165 e. The predicted octanol–water partition coefficient (Wildman–Crippen LogP) is 6.01. The van der Waals surface area contributed by atoms with Crippen molar-refractivity contribution in [3.05, 3.63) is 78.4 Å². The zero-order valence-electron chi connectivity index (χ0n) is 14.6. The van der Waals surface area contributed by atoms with E-state index in [1.165, 1.54) is 21.8 Å². The van der Waals surface area contributed by atoms with Gasteiger partial charge in [-0.1, -0.05) is 50.2 Å². The van der Waals surface area contributed by atoms with Gasteiger partial charge in [0.05, 0.1) is 11.0 Å². The number of carbonyl (C=O) groups excluding carboxylic acids is 1. The van der Waals surface area contributed by atoms with E-state index in [9.17, 15) is 4.79 Å². The van der Waals surface area contributed by atoms with Gasteiger partial charge in [-0.2, -0.15) is 0 Å². The van der Waals surface area contributed by atoms with Crippen LogP contribution in [0.25, 0.3) is 27.5 Å². The molecule has 0 amide bonds. The molecule has 4 rings (SSSR count). The summed E-state index contributed by atoms with van der Waals surface area (Å²) in [6.07, 6.45) is 0.869. The Labute approximate surface area is 147 Å². The lowest BCUT2D eigenvalue weighted by atomic mass is 9.97. The standard InChI is InChI=1S/C23H21NO/c1-3-16(2)23(25)17-12-14-18(15-13-17)24-21-10-6-4-8-19(21)20-9-5-7-11-22(20)24/h4-16H,3H2,1-2H3. The largest absolute Gasteiger partial charge is 0.309 e. The Morgan fingerprint density at radius 2 is 1.36 bits per heavy atom. The Morgan fingerprint density at radius 1 is 0.840 bits per heavy atom. The Balaban J connectivity index is 1.88. The Bertz CT molecular complexity index is 1000. The number of hydrogen-bond acceptors (Lipinski definition) is 1. The Hall–Kier alpha value is -2.87. The molecule has 124 valence electrons. The number of aromatic nitrogens is 1. The third-order valence-corrected chi connectivity index (χ3v) is 5.05. The molecule has 1 heterocycles. The first-order valence-electron chi connectivity index (χ1n) is 8.83. The van der Waals surface area contributed by atoms with Crippen LogP contribution in [0, 0.1) is 5.92 Å². The van der Waals surface area contributed by atoms with Crippen molar-refractivity contribution < 1.29 is 4.79 Å². The number of rotatable bonds is 4. The summed E-state index contributed by atoms with van der Waals surface area (Å²) in [4.78, 5) is 12.4. The Kier molecular flexibility index (Phi) is 3.89. The summed E-state index contributed by atoms with van der Waals surface area (Å²) in [5, 5.41) is 2.50. The molecule has 3 aromatic carbocycles. The van der Waals surface area contributed by atoms with Crippen LogP contribution in [0.5, 0.6) is 0 Å². The van der Waals surface area contributed by atoms with Crippen LogP contribution in [0.4, 0.5) is 0 Å². The minimum Gasteiger partial charge on any atom is -0.309 e. The number of carbonyl (C=O) groups is 1. The van der Waals surface area contributed by atoms with E-state index in [0.29, 0.717) is 0 Å². The van der Waals surface area contributed by atoms with Crippen molar-refractivity contribution >= 4 is 27.6 Å². The quantitative estimate of drug-likeness (QED) is 0.421. The van der Waals surface area contributed by atoms with E-state index < -0.39 is 0 Å². The van der Waals surface area contributed by atoms with Crippen LogP contribution in [-0.2, 0) is 0 Å². The second kappa shape index (κ2) is 6.21.